The minimum Gasteiger partial charge on any atom is -0.347 e. The van der Waals surface area contributed by atoms with Crippen LogP contribution in [0.3, 0.4) is 0 Å². The van der Waals surface area contributed by atoms with Gasteiger partial charge in [-0.3, -0.25) is 0 Å². The molecule has 0 bridgehead atoms. The SMILES string of the molecule is NCc1ccc(NC(=O)NCc2cnc[nH]2)cc1. The van der Waals surface area contributed by atoms with Gasteiger partial charge in [0.1, 0.15) is 0 Å². The topological polar surface area (TPSA) is 95.8 Å². The van der Waals surface area contributed by atoms with E-state index in [-0.39, 0.29) is 6.03 Å². The van der Waals surface area contributed by atoms with Crippen LogP contribution in [0.2, 0.25) is 0 Å². The Balaban J connectivity index is 1.83. The number of nitrogens with one attached hydrogen (secondary N) is 3. The Kier molecular flexibility index (Phi) is 3.93. The van der Waals surface area contributed by atoms with Crippen LogP contribution in [0.1, 0.15) is 11.3 Å². The van der Waals surface area contributed by atoms with Crippen LogP contribution in [0, 0.1) is 0 Å². The fourth-order valence-corrected chi connectivity index (χ4v) is 1.46. The van der Waals surface area contributed by atoms with Gasteiger partial charge in [-0.15, -0.1) is 0 Å². The number of urea groups is 1. The van der Waals surface area contributed by atoms with Crippen molar-refractivity contribution in [2.24, 2.45) is 5.73 Å². The summed E-state index contributed by atoms with van der Waals surface area (Å²) >= 11 is 0. The number of anilines is 1. The van der Waals surface area contributed by atoms with Crippen molar-refractivity contribution < 1.29 is 4.79 Å². The lowest BCUT2D eigenvalue weighted by atomic mass is 10.2. The average Bonchev–Trinajstić information content (AvgIpc) is 2.90. The molecule has 0 atom stereocenters. The number of carbonyl (C=O) groups excluding carboxylic acids is 1. The molecule has 0 unspecified atom stereocenters. The molecule has 0 saturated carbocycles. The first-order chi connectivity index (χ1) is 8.78. The summed E-state index contributed by atoms with van der Waals surface area (Å²) in [4.78, 5) is 18.3. The number of carbonyl (C=O) groups is 1. The van der Waals surface area contributed by atoms with Gasteiger partial charge < -0.3 is 21.4 Å². The Hall–Kier alpha value is -2.34. The third-order valence-corrected chi connectivity index (χ3v) is 2.44. The van der Waals surface area contributed by atoms with Gasteiger partial charge in [0.05, 0.1) is 18.6 Å². The smallest absolute Gasteiger partial charge is 0.319 e. The Labute approximate surface area is 105 Å². The van der Waals surface area contributed by atoms with Crippen LogP contribution in [-0.2, 0) is 13.1 Å². The van der Waals surface area contributed by atoms with E-state index in [9.17, 15) is 4.79 Å². The molecule has 1 aromatic heterocycles. The lowest BCUT2D eigenvalue weighted by Gasteiger charge is -2.07. The second kappa shape index (κ2) is 5.83. The van der Waals surface area contributed by atoms with Crippen molar-refractivity contribution >= 4 is 11.7 Å². The molecule has 2 aromatic rings. The van der Waals surface area contributed by atoms with Gasteiger partial charge in [0.2, 0.25) is 0 Å². The van der Waals surface area contributed by atoms with E-state index in [1.54, 1.807) is 12.5 Å². The monoisotopic (exact) mass is 245 g/mol. The van der Waals surface area contributed by atoms with Gasteiger partial charge in [-0.05, 0) is 17.7 Å². The number of aromatic amines is 1. The van der Waals surface area contributed by atoms with Crippen LogP contribution in [0.15, 0.2) is 36.8 Å². The van der Waals surface area contributed by atoms with Crippen LogP contribution >= 0.6 is 0 Å². The number of aromatic nitrogens is 2. The quantitative estimate of drug-likeness (QED) is 0.651. The van der Waals surface area contributed by atoms with Crippen molar-refractivity contribution in [1.82, 2.24) is 15.3 Å². The number of benzene rings is 1. The summed E-state index contributed by atoms with van der Waals surface area (Å²) in [6.45, 7) is 0.902. The highest BCUT2D eigenvalue weighted by Crippen LogP contribution is 2.08. The molecule has 94 valence electrons. The van der Waals surface area contributed by atoms with E-state index < -0.39 is 0 Å². The van der Waals surface area contributed by atoms with Gasteiger partial charge in [0.25, 0.3) is 0 Å². The third kappa shape index (κ3) is 3.33. The fourth-order valence-electron chi connectivity index (χ4n) is 1.46. The molecule has 2 rings (SSSR count). The zero-order chi connectivity index (χ0) is 12.8. The second-order valence-corrected chi connectivity index (χ2v) is 3.79. The maximum absolute atomic E-state index is 11.6. The molecular weight excluding hydrogens is 230 g/mol. The van der Waals surface area contributed by atoms with Gasteiger partial charge in [0.15, 0.2) is 0 Å². The van der Waals surface area contributed by atoms with Crippen molar-refractivity contribution in [3.63, 3.8) is 0 Å². The second-order valence-electron chi connectivity index (χ2n) is 3.79. The number of hydrogen-bond acceptors (Lipinski definition) is 3. The number of hydrogen-bond donors (Lipinski definition) is 4. The van der Waals surface area contributed by atoms with Gasteiger partial charge >= 0.3 is 6.03 Å². The summed E-state index contributed by atoms with van der Waals surface area (Å²) in [5.74, 6) is 0. The van der Waals surface area contributed by atoms with Crippen molar-refractivity contribution in [1.29, 1.82) is 0 Å². The van der Waals surface area contributed by atoms with Crippen molar-refractivity contribution in [3.05, 3.63) is 48.0 Å². The molecule has 5 N–H and O–H groups in total. The Morgan fingerprint density at radius 2 is 2.11 bits per heavy atom. The molecule has 2 amide bonds. The average molecular weight is 245 g/mol. The lowest BCUT2D eigenvalue weighted by molar-refractivity contribution is 0.251. The van der Waals surface area contributed by atoms with Gasteiger partial charge in [-0.2, -0.15) is 0 Å². The number of imidazole rings is 1. The Morgan fingerprint density at radius 1 is 1.33 bits per heavy atom. The van der Waals surface area contributed by atoms with E-state index in [2.05, 4.69) is 20.6 Å². The number of nitrogens with zero attached hydrogens (tertiary/aromatic N) is 1. The highest BCUT2D eigenvalue weighted by molar-refractivity contribution is 5.89. The molecule has 0 radical (unpaired) electrons. The Morgan fingerprint density at radius 3 is 2.72 bits per heavy atom. The minimum absolute atomic E-state index is 0.259. The summed E-state index contributed by atoms with van der Waals surface area (Å²) in [7, 11) is 0. The predicted molar refractivity (Wildman–Crippen MR) is 68.8 cm³/mol. The van der Waals surface area contributed by atoms with Gasteiger partial charge in [-0.1, -0.05) is 12.1 Å². The zero-order valence-corrected chi connectivity index (χ0v) is 9.81. The minimum atomic E-state index is -0.259. The first kappa shape index (κ1) is 12.1. The summed E-state index contributed by atoms with van der Waals surface area (Å²) in [6.07, 6.45) is 3.23. The van der Waals surface area contributed by atoms with E-state index in [1.807, 2.05) is 24.3 Å². The van der Waals surface area contributed by atoms with E-state index in [1.165, 1.54) is 0 Å². The maximum atomic E-state index is 11.6. The fraction of sp³-hybridized carbons (Fsp3) is 0.167. The molecule has 0 aliphatic rings. The third-order valence-electron chi connectivity index (χ3n) is 2.44. The normalized spacial score (nSPS) is 10.1. The lowest BCUT2D eigenvalue weighted by Crippen LogP contribution is -2.28. The highest BCUT2D eigenvalue weighted by Gasteiger charge is 2.02. The largest absolute Gasteiger partial charge is 0.347 e. The van der Waals surface area contributed by atoms with E-state index >= 15 is 0 Å². The maximum Gasteiger partial charge on any atom is 0.319 e. The molecular formula is C12H15N5O. The van der Waals surface area contributed by atoms with Crippen molar-refractivity contribution in [2.45, 2.75) is 13.1 Å². The van der Waals surface area contributed by atoms with E-state index in [0.29, 0.717) is 13.1 Å². The predicted octanol–water partition coefficient (Wildman–Crippen LogP) is 1.19. The highest BCUT2D eigenvalue weighted by atomic mass is 16.2. The summed E-state index contributed by atoms with van der Waals surface area (Å²) in [6, 6.07) is 7.13. The Bertz CT molecular complexity index is 492. The molecule has 6 nitrogen and oxygen atoms in total. The van der Waals surface area contributed by atoms with Crippen LogP contribution in [0.4, 0.5) is 10.5 Å². The standard InChI is InChI=1S/C12H15N5O/c13-5-9-1-3-10(4-2-9)17-12(18)15-7-11-6-14-8-16-11/h1-4,6,8H,5,7,13H2,(H,14,16)(H2,15,17,18). The zero-order valence-electron chi connectivity index (χ0n) is 9.81. The number of amides is 2. The number of nitrogens with two attached hydrogens (primary N) is 1. The molecule has 0 aliphatic heterocycles. The molecule has 0 aliphatic carbocycles. The van der Waals surface area contributed by atoms with Crippen LogP contribution in [0.25, 0.3) is 0 Å². The first-order valence-corrected chi connectivity index (χ1v) is 5.59. The molecule has 18 heavy (non-hydrogen) atoms. The summed E-state index contributed by atoms with van der Waals surface area (Å²) in [5, 5.41) is 5.45. The molecule has 6 heteroatoms. The first-order valence-electron chi connectivity index (χ1n) is 5.59. The van der Waals surface area contributed by atoms with Gasteiger partial charge in [0, 0.05) is 18.4 Å². The molecule has 0 fully saturated rings. The van der Waals surface area contributed by atoms with Crippen molar-refractivity contribution in [3.8, 4) is 0 Å². The van der Waals surface area contributed by atoms with Gasteiger partial charge in [-0.25, -0.2) is 9.78 Å². The van der Waals surface area contributed by atoms with Crippen molar-refractivity contribution in [2.75, 3.05) is 5.32 Å². The van der Waals surface area contributed by atoms with Crippen LogP contribution < -0.4 is 16.4 Å². The molecule has 1 aromatic carbocycles. The van der Waals surface area contributed by atoms with Crippen LogP contribution in [-0.4, -0.2) is 16.0 Å². The summed E-state index contributed by atoms with van der Waals surface area (Å²) in [5.41, 5.74) is 8.10. The number of rotatable bonds is 4. The molecule has 1 heterocycles. The molecule has 0 spiro atoms. The van der Waals surface area contributed by atoms with Crippen LogP contribution in [0.5, 0.6) is 0 Å². The number of H-pyrrole nitrogens is 1. The summed E-state index contributed by atoms with van der Waals surface area (Å²) < 4.78 is 0. The molecule has 0 saturated heterocycles. The van der Waals surface area contributed by atoms with E-state index in [0.717, 1.165) is 16.9 Å². The van der Waals surface area contributed by atoms with E-state index in [4.69, 9.17) is 5.73 Å².